The first kappa shape index (κ1) is 20.1. The Hall–Kier alpha value is -3.81. The van der Waals surface area contributed by atoms with E-state index >= 15 is 0 Å². The van der Waals surface area contributed by atoms with E-state index in [4.69, 9.17) is 4.52 Å². The van der Waals surface area contributed by atoms with Crippen LogP contribution in [0.5, 0.6) is 0 Å². The van der Waals surface area contributed by atoms with Gasteiger partial charge in [-0.1, -0.05) is 35.5 Å². The van der Waals surface area contributed by atoms with E-state index in [2.05, 4.69) is 10.1 Å². The standard InChI is InChI=1S/C24H22N4O4/c1-15-25-21(32-26-15)18-8-5-11-27(14-18)22(29)17-9-10-19-20(12-17)24(31)28(23(19)30)13-16-6-3-2-4-7-16/h2-4,6-7,9-10,12,18H,5,8,11,13-14H2,1H3. The minimum Gasteiger partial charge on any atom is -0.339 e. The van der Waals surface area contributed by atoms with Crippen molar-refractivity contribution < 1.29 is 18.9 Å². The van der Waals surface area contributed by atoms with Crippen molar-refractivity contribution in [2.75, 3.05) is 13.1 Å². The van der Waals surface area contributed by atoms with Crippen LogP contribution in [0.2, 0.25) is 0 Å². The molecule has 1 saturated heterocycles. The van der Waals surface area contributed by atoms with Crippen molar-refractivity contribution in [3.63, 3.8) is 0 Å². The summed E-state index contributed by atoms with van der Waals surface area (Å²) in [5.74, 6) is 0.235. The van der Waals surface area contributed by atoms with E-state index in [0.717, 1.165) is 18.4 Å². The van der Waals surface area contributed by atoms with Crippen LogP contribution in [0.3, 0.4) is 0 Å². The van der Waals surface area contributed by atoms with E-state index in [0.29, 0.717) is 35.9 Å². The van der Waals surface area contributed by atoms with Crippen LogP contribution < -0.4 is 0 Å². The molecular formula is C24H22N4O4. The molecule has 0 saturated carbocycles. The Balaban J connectivity index is 1.35. The Kier molecular flexibility index (Phi) is 5.05. The van der Waals surface area contributed by atoms with Crippen molar-refractivity contribution in [2.24, 2.45) is 0 Å². The maximum Gasteiger partial charge on any atom is 0.261 e. The maximum absolute atomic E-state index is 13.2. The van der Waals surface area contributed by atoms with Crippen molar-refractivity contribution in [2.45, 2.75) is 32.2 Å². The summed E-state index contributed by atoms with van der Waals surface area (Å²) in [6.07, 6.45) is 1.70. The smallest absolute Gasteiger partial charge is 0.261 e. The molecular weight excluding hydrogens is 408 g/mol. The van der Waals surface area contributed by atoms with Gasteiger partial charge in [-0.3, -0.25) is 19.3 Å². The van der Waals surface area contributed by atoms with Gasteiger partial charge in [0.25, 0.3) is 17.7 Å². The van der Waals surface area contributed by atoms with E-state index in [1.165, 1.54) is 4.90 Å². The molecule has 32 heavy (non-hydrogen) atoms. The van der Waals surface area contributed by atoms with Gasteiger partial charge in [-0.15, -0.1) is 0 Å². The second-order valence-corrected chi connectivity index (χ2v) is 8.21. The number of piperidine rings is 1. The van der Waals surface area contributed by atoms with Crippen LogP contribution in [0.1, 0.15) is 67.1 Å². The third-order valence-electron chi connectivity index (χ3n) is 6.00. The lowest BCUT2D eigenvalue weighted by molar-refractivity contribution is 0.0641. The number of carbonyl (C=O) groups excluding carboxylic acids is 3. The second-order valence-electron chi connectivity index (χ2n) is 8.21. The molecule has 0 radical (unpaired) electrons. The zero-order valence-corrected chi connectivity index (χ0v) is 17.7. The molecule has 8 heteroatoms. The minimum absolute atomic E-state index is 0.00657. The number of hydrogen-bond acceptors (Lipinski definition) is 6. The first-order valence-corrected chi connectivity index (χ1v) is 10.6. The third kappa shape index (κ3) is 3.57. The molecule has 1 aromatic heterocycles. The fourth-order valence-corrected chi connectivity index (χ4v) is 4.36. The first-order valence-electron chi connectivity index (χ1n) is 10.6. The molecule has 3 aromatic rings. The highest BCUT2D eigenvalue weighted by atomic mass is 16.5. The molecule has 0 N–H and O–H groups in total. The van der Waals surface area contributed by atoms with Gasteiger partial charge in [0.05, 0.1) is 23.6 Å². The van der Waals surface area contributed by atoms with Crippen molar-refractivity contribution in [3.05, 3.63) is 82.5 Å². The van der Waals surface area contributed by atoms with Crippen molar-refractivity contribution >= 4 is 17.7 Å². The van der Waals surface area contributed by atoms with E-state index in [1.807, 2.05) is 30.3 Å². The SMILES string of the molecule is Cc1noc(C2CCCN(C(=O)c3ccc4c(c3)C(=O)N(Cc3ccccc3)C4=O)C2)n1. The molecule has 3 amide bonds. The Labute approximate surface area is 184 Å². The number of nitrogens with zero attached hydrogens (tertiary/aromatic N) is 4. The number of rotatable bonds is 4. The van der Waals surface area contributed by atoms with Crippen LogP contribution in [0, 0.1) is 6.92 Å². The normalized spacial score (nSPS) is 18.2. The highest BCUT2D eigenvalue weighted by Gasteiger charge is 2.37. The van der Waals surface area contributed by atoms with Gasteiger partial charge in [-0.25, -0.2) is 0 Å². The van der Waals surface area contributed by atoms with E-state index < -0.39 is 0 Å². The molecule has 162 valence electrons. The average molecular weight is 430 g/mol. The molecule has 0 spiro atoms. The van der Waals surface area contributed by atoms with Gasteiger partial charge < -0.3 is 9.42 Å². The average Bonchev–Trinajstić information content (AvgIpc) is 3.36. The lowest BCUT2D eigenvalue weighted by Gasteiger charge is -2.31. The quantitative estimate of drug-likeness (QED) is 0.590. The van der Waals surface area contributed by atoms with Crippen LogP contribution in [0.25, 0.3) is 0 Å². The number of amides is 3. The Bertz CT molecular complexity index is 1200. The van der Waals surface area contributed by atoms with Crippen molar-refractivity contribution in [1.29, 1.82) is 0 Å². The lowest BCUT2D eigenvalue weighted by atomic mass is 9.96. The minimum atomic E-state index is -0.374. The molecule has 0 aliphatic carbocycles. The number of fused-ring (bicyclic) bond motifs is 1. The lowest BCUT2D eigenvalue weighted by Crippen LogP contribution is -2.39. The molecule has 8 nitrogen and oxygen atoms in total. The number of aromatic nitrogens is 2. The topological polar surface area (TPSA) is 96.6 Å². The summed E-state index contributed by atoms with van der Waals surface area (Å²) in [5.41, 5.74) is 1.88. The number of imide groups is 1. The summed E-state index contributed by atoms with van der Waals surface area (Å²) in [6.45, 7) is 3.06. The summed E-state index contributed by atoms with van der Waals surface area (Å²) in [4.78, 5) is 46.2. The molecule has 1 atom stereocenters. The van der Waals surface area contributed by atoms with Crippen LogP contribution >= 0.6 is 0 Å². The molecule has 2 aliphatic rings. The van der Waals surface area contributed by atoms with Crippen LogP contribution in [0.15, 0.2) is 53.1 Å². The van der Waals surface area contributed by atoms with E-state index in [9.17, 15) is 14.4 Å². The molecule has 1 unspecified atom stereocenters. The number of aryl methyl sites for hydroxylation is 1. The van der Waals surface area contributed by atoms with Gasteiger partial charge in [-0.05, 0) is 43.5 Å². The Morgan fingerprint density at radius 3 is 2.62 bits per heavy atom. The first-order chi connectivity index (χ1) is 15.5. The van der Waals surface area contributed by atoms with Crippen LogP contribution in [-0.2, 0) is 6.54 Å². The van der Waals surface area contributed by atoms with Crippen molar-refractivity contribution in [1.82, 2.24) is 19.9 Å². The molecule has 0 bridgehead atoms. The summed E-state index contributed by atoms with van der Waals surface area (Å²) in [7, 11) is 0. The van der Waals surface area contributed by atoms with Gasteiger partial charge in [0.15, 0.2) is 5.82 Å². The molecule has 2 aromatic carbocycles. The summed E-state index contributed by atoms with van der Waals surface area (Å²) >= 11 is 0. The second kappa shape index (κ2) is 8.03. The van der Waals surface area contributed by atoms with Gasteiger partial charge in [0, 0.05) is 18.7 Å². The van der Waals surface area contributed by atoms with Gasteiger partial charge in [0.1, 0.15) is 0 Å². The summed E-state index contributed by atoms with van der Waals surface area (Å²) in [6, 6.07) is 14.1. The summed E-state index contributed by atoms with van der Waals surface area (Å²) < 4.78 is 5.30. The predicted octanol–water partition coefficient (Wildman–Crippen LogP) is 3.19. The monoisotopic (exact) mass is 430 g/mol. The zero-order chi connectivity index (χ0) is 22.2. The maximum atomic E-state index is 13.2. The van der Waals surface area contributed by atoms with Gasteiger partial charge in [-0.2, -0.15) is 4.98 Å². The predicted molar refractivity (Wildman–Crippen MR) is 114 cm³/mol. The molecule has 2 aliphatic heterocycles. The fourth-order valence-electron chi connectivity index (χ4n) is 4.36. The zero-order valence-electron chi connectivity index (χ0n) is 17.7. The van der Waals surface area contributed by atoms with Crippen LogP contribution in [0.4, 0.5) is 0 Å². The number of benzene rings is 2. The van der Waals surface area contributed by atoms with Gasteiger partial charge in [0.2, 0.25) is 5.89 Å². The largest absolute Gasteiger partial charge is 0.339 e. The van der Waals surface area contributed by atoms with Gasteiger partial charge >= 0.3 is 0 Å². The van der Waals surface area contributed by atoms with E-state index in [-0.39, 0.29) is 35.7 Å². The Morgan fingerprint density at radius 2 is 1.88 bits per heavy atom. The molecule has 1 fully saturated rings. The fraction of sp³-hybridized carbons (Fsp3) is 0.292. The Morgan fingerprint density at radius 1 is 1.09 bits per heavy atom. The van der Waals surface area contributed by atoms with Crippen molar-refractivity contribution in [3.8, 4) is 0 Å². The molecule has 5 rings (SSSR count). The number of carbonyl (C=O) groups is 3. The third-order valence-corrected chi connectivity index (χ3v) is 6.00. The molecule has 3 heterocycles. The number of hydrogen-bond donors (Lipinski definition) is 0. The van der Waals surface area contributed by atoms with Crippen LogP contribution in [-0.4, -0.2) is 50.8 Å². The highest BCUT2D eigenvalue weighted by Crippen LogP contribution is 2.29. The van der Waals surface area contributed by atoms with E-state index in [1.54, 1.807) is 30.0 Å². The number of likely N-dealkylation sites (tertiary alicyclic amines) is 1. The summed E-state index contributed by atoms with van der Waals surface area (Å²) in [5, 5.41) is 3.85. The highest BCUT2D eigenvalue weighted by molar-refractivity contribution is 6.22.